The van der Waals surface area contributed by atoms with Crippen molar-refractivity contribution in [2.75, 3.05) is 18.5 Å². The highest BCUT2D eigenvalue weighted by Gasteiger charge is 2.57. The van der Waals surface area contributed by atoms with Crippen LogP contribution in [0.25, 0.3) is 11.2 Å². The number of nitrogens with one attached hydrogen (secondary N) is 1. The lowest BCUT2D eigenvalue weighted by molar-refractivity contribution is -0.179. The smallest absolute Gasteiger partial charge is 0.342 e. The topological polar surface area (TPSA) is 165 Å². The van der Waals surface area contributed by atoms with E-state index in [0.29, 0.717) is 29.4 Å². The number of aromatic nitrogens is 5. The van der Waals surface area contributed by atoms with Crippen molar-refractivity contribution in [1.82, 2.24) is 24.5 Å². The van der Waals surface area contributed by atoms with Crippen molar-refractivity contribution < 1.29 is 29.6 Å². The highest BCUT2D eigenvalue weighted by molar-refractivity contribution is 7.07. The van der Waals surface area contributed by atoms with Crippen LogP contribution in [0.1, 0.15) is 30.3 Å². The zero-order valence-corrected chi connectivity index (χ0v) is 23.7. The largest absolute Gasteiger partial charge is 0.479 e. The van der Waals surface area contributed by atoms with Gasteiger partial charge in [0.2, 0.25) is 10.9 Å². The van der Waals surface area contributed by atoms with Gasteiger partial charge in [-0.15, -0.1) is 17.8 Å². The summed E-state index contributed by atoms with van der Waals surface area (Å²) in [5.74, 6) is 1.94. The molecule has 42 heavy (non-hydrogen) atoms. The van der Waals surface area contributed by atoms with Crippen molar-refractivity contribution in [3.8, 4) is 12.3 Å². The molecule has 0 unspecified atom stereocenters. The molecular formula is C28H27ClN6O6S. The van der Waals surface area contributed by atoms with Gasteiger partial charge in [-0.2, -0.15) is 9.97 Å². The molecule has 0 amide bonds. The first kappa shape index (κ1) is 28.5. The second-order valence-electron chi connectivity index (χ2n) is 10.4. The number of terminal acetylenes is 1. The highest BCUT2D eigenvalue weighted by atomic mass is 35.5. The van der Waals surface area contributed by atoms with Gasteiger partial charge in [0, 0.05) is 18.3 Å². The van der Waals surface area contributed by atoms with Gasteiger partial charge in [0.05, 0.1) is 24.1 Å². The maximum atomic E-state index is 12.8. The van der Waals surface area contributed by atoms with Gasteiger partial charge in [0.15, 0.2) is 28.8 Å². The molecule has 4 heterocycles. The van der Waals surface area contributed by atoms with Crippen LogP contribution >= 0.6 is 22.9 Å². The number of rotatable bonds is 11. The van der Waals surface area contributed by atoms with Gasteiger partial charge >= 0.3 is 5.97 Å². The van der Waals surface area contributed by atoms with Gasteiger partial charge < -0.3 is 30.1 Å². The van der Waals surface area contributed by atoms with Crippen molar-refractivity contribution in [3.05, 3.63) is 64.1 Å². The number of hydrogen-bond donors (Lipinski definition) is 4. The molecule has 1 saturated heterocycles. The number of benzene rings is 1. The van der Waals surface area contributed by atoms with Crippen molar-refractivity contribution in [1.29, 1.82) is 0 Å². The number of carboxylic acid groups (broad SMARTS) is 1. The van der Waals surface area contributed by atoms with Gasteiger partial charge in [-0.1, -0.05) is 36.3 Å². The third kappa shape index (κ3) is 5.11. The van der Waals surface area contributed by atoms with Gasteiger partial charge in [-0.05, 0) is 35.9 Å². The summed E-state index contributed by atoms with van der Waals surface area (Å²) in [4.78, 5) is 30.0. The summed E-state index contributed by atoms with van der Waals surface area (Å²) in [5, 5.41) is 37.9. The second kappa shape index (κ2) is 11.2. The van der Waals surface area contributed by atoms with E-state index in [9.17, 15) is 20.1 Å². The van der Waals surface area contributed by atoms with Crippen LogP contribution < -0.4 is 5.32 Å². The number of aliphatic hydroxyl groups excluding tert-OH is 1. The van der Waals surface area contributed by atoms with Crippen molar-refractivity contribution in [3.63, 3.8) is 0 Å². The number of aliphatic carboxylic acids is 1. The second-order valence-corrected chi connectivity index (χ2v) is 11.5. The van der Waals surface area contributed by atoms with Gasteiger partial charge in [-0.25, -0.2) is 14.8 Å². The van der Waals surface area contributed by atoms with E-state index in [-0.39, 0.29) is 23.0 Å². The summed E-state index contributed by atoms with van der Waals surface area (Å²) in [6.07, 6.45) is 5.07. The van der Waals surface area contributed by atoms with Gasteiger partial charge in [-0.3, -0.25) is 4.57 Å². The molecular weight excluding hydrogens is 584 g/mol. The van der Waals surface area contributed by atoms with Crippen molar-refractivity contribution in [2.24, 2.45) is 5.92 Å². The van der Waals surface area contributed by atoms with E-state index in [0.717, 1.165) is 12.8 Å². The summed E-state index contributed by atoms with van der Waals surface area (Å²) in [6, 6.07) is 8.96. The highest BCUT2D eigenvalue weighted by Crippen LogP contribution is 2.41. The Bertz CT molecular complexity index is 1630. The lowest BCUT2D eigenvalue weighted by Gasteiger charge is -2.32. The molecule has 0 spiro atoms. The summed E-state index contributed by atoms with van der Waals surface area (Å²) in [7, 11) is 0. The Hall–Kier alpha value is -3.64. The molecule has 4 aromatic rings. The number of thiazole rings is 1. The normalized spacial score (nSPS) is 25.2. The number of hydrogen-bond acceptors (Lipinski definition) is 11. The number of fused-ring (bicyclic) bond motifs is 1. The Morgan fingerprint density at radius 3 is 2.76 bits per heavy atom. The Labute approximate surface area is 249 Å². The minimum absolute atomic E-state index is 0.0439. The predicted molar refractivity (Wildman–Crippen MR) is 153 cm³/mol. The fraction of sp³-hybridized carbons (Fsp3) is 0.393. The summed E-state index contributed by atoms with van der Waals surface area (Å²) < 4.78 is 13.6. The molecule has 218 valence electrons. The van der Waals surface area contributed by atoms with Gasteiger partial charge in [0.1, 0.15) is 12.2 Å². The number of halogens is 1. The van der Waals surface area contributed by atoms with Crippen LogP contribution in [0.5, 0.6) is 0 Å². The lowest BCUT2D eigenvalue weighted by atomic mass is 9.90. The minimum atomic E-state index is -2.25. The molecule has 1 saturated carbocycles. The van der Waals surface area contributed by atoms with E-state index < -0.39 is 42.2 Å². The maximum absolute atomic E-state index is 12.8. The van der Waals surface area contributed by atoms with E-state index >= 15 is 0 Å². The first-order valence-corrected chi connectivity index (χ1v) is 14.5. The number of carbonyl (C=O) groups is 1. The molecule has 5 atom stereocenters. The molecule has 4 N–H and O–H groups in total. The van der Waals surface area contributed by atoms with Crippen molar-refractivity contribution >= 4 is 45.9 Å². The number of nitrogens with zero attached hydrogens (tertiary/aromatic N) is 5. The van der Waals surface area contributed by atoms with Crippen LogP contribution in [0.4, 0.5) is 5.82 Å². The SMILES string of the molecule is C#C[C@@]1(O)[C@@H](CO[C@@](Cc2ccccc2)(C(=O)O)c2cscn2)O[C@@H](n2cnc3c(NCC4CC4)nc(Cl)nc32)[C@@H]1O. The fourth-order valence-electron chi connectivity index (χ4n) is 5.05. The number of anilines is 1. The Morgan fingerprint density at radius 2 is 2.10 bits per heavy atom. The van der Waals surface area contributed by atoms with Crippen LogP contribution in [-0.4, -0.2) is 76.8 Å². The molecule has 3 aromatic heterocycles. The lowest BCUT2D eigenvalue weighted by Crippen LogP contribution is -2.50. The average molecular weight is 611 g/mol. The fourth-order valence-corrected chi connectivity index (χ4v) is 5.83. The Kier molecular flexibility index (Phi) is 7.61. The average Bonchev–Trinajstić information content (AvgIpc) is 3.35. The maximum Gasteiger partial charge on any atom is 0.342 e. The van der Waals surface area contributed by atoms with Crippen LogP contribution in [0.2, 0.25) is 5.28 Å². The van der Waals surface area contributed by atoms with Crippen molar-refractivity contribution in [2.45, 2.75) is 48.9 Å². The van der Waals surface area contributed by atoms with Gasteiger partial charge in [0.25, 0.3) is 0 Å². The molecule has 1 aliphatic heterocycles. The quantitative estimate of drug-likeness (QED) is 0.146. The van der Waals surface area contributed by atoms with E-state index in [1.165, 1.54) is 27.7 Å². The zero-order chi connectivity index (χ0) is 29.5. The zero-order valence-electron chi connectivity index (χ0n) is 22.1. The molecule has 0 radical (unpaired) electrons. The van der Waals surface area contributed by atoms with Crippen LogP contribution in [0.15, 0.2) is 47.5 Å². The first-order valence-electron chi connectivity index (χ1n) is 13.2. The molecule has 2 aliphatic rings. The molecule has 1 aliphatic carbocycles. The summed E-state index contributed by atoms with van der Waals surface area (Å²) in [6.45, 7) is 0.225. The molecule has 6 rings (SSSR count). The monoisotopic (exact) mass is 610 g/mol. The van der Waals surface area contributed by atoms with E-state index in [4.69, 9.17) is 27.5 Å². The van der Waals surface area contributed by atoms with E-state index in [1.54, 1.807) is 29.6 Å². The predicted octanol–water partition coefficient (Wildman–Crippen LogP) is 2.62. The molecule has 2 fully saturated rings. The molecule has 1 aromatic carbocycles. The molecule has 14 heteroatoms. The van der Waals surface area contributed by atoms with Crippen LogP contribution in [0, 0.1) is 18.3 Å². The number of imidazole rings is 1. The molecule has 0 bridgehead atoms. The first-order chi connectivity index (χ1) is 20.2. The number of ether oxygens (including phenoxy) is 2. The Balaban J connectivity index is 1.30. The summed E-state index contributed by atoms with van der Waals surface area (Å²) >= 11 is 7.44. The minimum Gasteiger partial charge on any atom is -0.479 e. The third-order valence-corrected chi connectivity index (χ3v) is 8.39. The van der Waals surface area contributed by atoms with E-state index in [1.807, 2.05) is 6.07 Å². The third-order valence-electron chi connectivity index (χ3n) is 7.64. The molecule has 12 nitrogen and oxygen atoms in total. The van der Waals surface area contributed by atoms with E-state index in [2.05, 4.69) is 31.2 Å². The standard InChI is InChI=1S/C28H27ClN6O6S/c1-2-27(39)19(12-40-28(25(37)38,18-13-42-15-32-18)10-16-6-4-3-5-7-16)41-24(21(27)36)35-14-31-20-22(30-11-17-8-9-17)33-26(29)34-23(20)35/h1,3-7,13-15,17,19,21,24,36,39H,8-12H2,(H,37,38)(H,30,33,34)/t19-,21+,24-,27-,28-/m1/s1. The number of carboxylic acids is 1. The number of aliphatic hydroxyl groups is 2. The summed E-state index contributed by atoms with van der Waals surface area (Å²) in [5.41, 5.74) is -1.13. The Morgan fingerprint density at radius 1 is 1.31 bits per heavy atom. The van der Waals surface area contributed by atoms with Crippen LogP contribution in [-0.2, 0) is 26.3 Å². The van der Waals surface area contributed by atoms with Crippen LogP contribution in [0.3, 0.4) is 0 Å².